The second-order valence-electron chi connectivity index (χ2n) is 6.96. The standard InChI is InChI=1S/C15H25NO2S/c1-10(14(17)18)16-2-3-19-15-7-11-4-12(8-15)6-13(5-11)9-15/h10-13,16H,2-9H2,1H3,(H,17,18)/t10-,11?,12?,13?,15?/m0/s1. The molecule has 0 amide bonds. The molecular formula is C15H25NO2S. The van der Waals surface area contributed by atoms with Crippen LogP contribution in [0.1, 0.15) is 45.4 Å². The smallest absolute Gasteiger partial charge is 0.320 e. The van der Waals surface area contributed by atoms with E-state index in [1.807, 2.05) is 0 Å². The van der Waals surface area contributed by atoms with Gasteiger partial charge in [-0.3, -0.25) is 4.79 Å². The molecule has 0 spiro atoms. The molecule has 108 valence electrons. The fourth-order valence-electron chi connectivity index (χ4n) is 4.84. The zero-order valence-corrected chi connectivity index (χ0v) is 12.5. The maximum atomic E-state index is 10.7. The van der Waals surface area contributed by atoms with Crippen molar-refractivity contribution in [3.05, 3.63) is 0 Å². The minimum Gasteiger partial charge on any atom is -0.480 e. The first kappa shape index (κ1) is 13.7. The fraction of sp³-hybridized carbons (Fsp3) is 0.933. The molecule has 3 nitrogen and oxygen atoms in total. The summed E-state index contributed by atoms with van der Waals surface area (Å²) in [6.45, 7) is 2.54. The van der Waals surface area contributed by atoms with Gasteiger partial charge >= 0.3 is 5.97 Å². The molecule has 4 rings (SSSR count). The van der Waals surface area contributed by atoms with Crippen molar-refractivity contribution in [2.45, 2.75) is 56.2 Å². The Kier molecular flexibility index (Phi) is 3.82. The molecule has 0 aromatic carbocycles. The Balaban J connectivity index is 1.46. The molecule has 0 radical (unpaired) electrons. The van der Waals surface area contributed by atoms with Crippen molar-refractivity contribution in [2.24, 2.45) is 17.8 Å². The predicted molar refractivity (Wildman–Crippen MR) is 78.5 cm³/mol. The third kappa shape index (κ3) is 2.94. The Labute approximate surface area is 119 Å². The molecule has 4 aliphatic carbocycles. The molecule has 0 aliphatic heterocycles. The molecule has 1 atom stereocenters. The van der Waals surface area contributed by atoms with Gasteiger partial charge in [-0.2, -0.15) is 11.8 Å². The number of thioether (sulfide) groups is 1. The summed E-state index contributed by atoms with van der Waals surface area (Å²) >= 11 is 2.13. The van der Waals surface area contributed by atoms with Crippen molar-refractivity contribution in [3.8, 4) is 0 Å². The fourth-order valence-corrected chi connectivity index (χ4v) is 6.55. The summed E-state index contributed by atoms with van der Waals surface area (Å²) < 4.78 is 0.558. The monoisotopic (exact) mass is 283 g/mol. The number of hydrogen-bond acceptors (Lipinski definition) is 3. The lowest BCUT2D eigenvalue weighted by Gasteiger charge is -2.56. The minimum atomic E-state index is -0.750. The van der Waals surface area contributed by atoms with E-state index in [4.69, 9.17) is 5.11 Å². The van der Waals surface area contributed by atoms with E-state index in [9.17, 15) is 4.79 Å². The van der Waals surface area contributed by atoms with E-state index >= 15 is 0 Å². The van der Waals surface area contributed by atoms with Crippen LogP contribution in [0.4, 0.5) is 0 Å². The first-order valence-corrected chi connectivity index (χ1v) is 8.65. The lowest BCUT2D eigenvalue weighted by atomic mass is 9.56. The molecule has 0 aromatic heterocycles. The molecule has 4 heteroatoms. The summed E-state index contributed by atoms with van der Waals surface area (Å²) in [4.78, 5) is 10.7. The van der Waals surface area contributed by atoms with E-state index in [0.717, 1.165) is 30.1 Å². The van der Waals surface area contributed by atoms with Crippen molar-refractivity contribution in [3.63, 3.8) is 0 Å². The number of rotatable bonds is 6. The van der Waals surface area contributed by atoms with E-state index < -0.39 is 12.0 Å². The Morgan fingerprint density at radius 1 is 1.26 bits per heavy atom. The highest BCUT2D eigenvalue weighted by atomic mass is 32.2. The zero-order chi connectivity index (χ0) is 13.5. The van der Waals surface area contributed by atoms with Crippen molar-refractivity contribution < 1.29 is 9.90 Å². The van der Waals surface area contributed by atoms with E-state index in [2.05, 4.69) is 17.1 Å². The van der Waals surface area contributed by atoms with Gasteiger partial charge in [0.25, 0.3) is 0 Å². The highest BCUT2D eigenvalue weighted by molar-refractivity contribution is 8.00. The number of aliphatic carboxylic acids is 1. The summed E-state index contributed by atoms with van der Waals surface area (Å²) in [5.74, 6) is 3.32. The van der Waals surface area contributed by atoms with Crippen LogP contribution >= 0.6 is 11.8 Å². The van der Waals surface area contributed by atoms with Crippen LogP contribution in [0.2, 0.25) is 0 Å². The first-order chi connectivity index (χ1) is 9.06. The van der Waals surface area contributed by atoms with Crippen molar-refractivity contribution in [1.29, 1.82) is 0 Å². The van der Waals surface area contributed by atoms with Crippen molar-refractivity contribution >= 4 is 17.7 Å². The molecule has 2 N–H and O–H groups in total. The summed E-state index contributed by atoms with van der Waals surface area (Å²) in [5, 5.41) is 11.9. The summed E-state index contributed by atoms with van der Waals surface area (Å²) in [6.07, 6.45) is 8.77. The van der Waals surface area contributed by atoms with Gasteiger partial charge in [0.05, 0.1) is 0 Å². The number of carboxylic acid groups (broad SMARTS) is 1. The molecule has 4 bridgehead atoms. The lowest BCUT2D eigenvalue weighted by Crippen LogP contribution is -2.49. The maximum Gasteiger partial charge on any atom is 0.320 e. The number of nitrogens with one attached hydrogen (secondary N) is 1. The largest absolute Gasteiger partial charge is 0.480 e. The van der Waals surface area contributed by atoms with Crippen LogP contribution in [0, 0.1) is 17.8 Å². The highest BCUT2D eigenvalue weighted by Gasteiger charge is 2.50. The molecule has 0 saturated heterocycles. The maximum absolute atomic E-state index is 10.7. The molecule has 4 aliphatic rings. The zero-order valence-electron chi connectivity index (χ0n) is 11.7. The van der Waals surface area contributed by atoms with Gasteiger partial charge in [-0.05, 0) is 63.2 Å². The molecule has 4 saturated carbocycles. The van der Waals surface area contributed by atoms with E-state index in [-0.39, 0.29) is 0 Å². The van der Waals surface area contributed by atoms with Crippen LogP contribution in [0.15, 0.2) is 0 Å². The first-order valence-electron chi connectivity index (χ1n) is 7.66. The van der Waals surface area contributed by atoms with Gasteiger partial charge < -0.3 is 10.4 Å². The lowest BCUT2D eigenvalue weighted by molar-refractivity contribution is -0.138. The minimum absolute atomic E-state index is 0.419. The molecular weight excluding hydrogens is 258 g/mol. The highest BCUT2D eigenvalue weighted by Crippen LogP contribution is 2.60. The average Bonchev–Trinajstić information content (AvgIpc) is 2.32. The Morgan fingerprint density at radius 3 is 2.26 bits per heavy atom. The SMILES string of the molecule is C[C@H](NCCSC12CC3CC(CC(C3)C1)C2)C(=O)O. The van der Waals surface area contributed by atoms with Crippen LogP contribution in [0.25, 0.3) is 0 Å². The van der Waals surface area contributed by atoms with Gasteiger partial charge in [-0.1, -0.05) is 0 Å². The van der Waals surface area contributed by atoms with E-state index in [0.29, 0.717) is 4.75 Å². The number of hydrogen-bond donors (Lipinski definition) is 2. The molecule has 0 aromatic rings. The third-order valence-corrected chi connectivity index (χ3v) is 6.83. The molecule has 0 heterocycles. The van der Waals surface area contributed by atoms with Crippen LogP contribution in [-0.2, 0) is 4.79 Å². The molecule has 0 unspecified atom stereocenters. The predicted octanol–water partition coefficient (Wildman–Crippen LogP) is 2.75. The van der Waals surface area contributed by atoms with Crippen LogP contribution in [0.3, 0.4) is 0 Å². The van der Waals surface area contributed by atoms with Crippen molar-refractivity contribution in [2.75, 3.05) is 12.3 Å². The Morgan fingerprint density at radius 2 is 1.79 bits per heavy atom. The van der Waals surface area contributed by atoms with Gasteiger partial charge in [-0.25, -0.2) is 0 Å². The van der Waals surface area contributed by atoms with Crippen molar-refractivity contribution in [1.82, 2.24) is 5.32 Å². The average molecular weight is 283 g/mol. The van der Waals surface area contributed by atoms with Crippen LogP contribution in [0.5, 0.6) is 0 Å². The van der Waals surface area contributed by atoms with Crippen LogP contribution in [-0.4, -0.2) is 34.2 Å². The van der Waals surface area contributed by atoms with Gasteiger partial charge in [0, 0.05) is 17.0 Å². The topological polar surface area (TPSA) is 49.3 Å². The summed E-state index contributed by atoms with van der Waals surface area (Å²) in [6, 6.07) is -0.419. The molecule has 4 fully saturated rings. The normalized spacial score (nSPS) is 41.4. The van der Waals surface area contributed by atoms with Gasteiger partial charge in [-0.15, -0.1) is 0 Å². The summed E-state index contributed by atoms with van der Waals surface area (Å²) in [7, 11) is 0. The Bertz CT molecular complexity index is 323. The van der Waals surface area contributed by atoms with E-state index in [1.165, 1.54) is 38.5 Å². The number of carbonyl (C=O) groups is 1. The molecule has 19 heavy (non-hydrogen) atoms. The van der Waals surface area contributed by atoms with Gasteiger partial charge in [0.1, 0.15) is 6.04 Å². The van der Waals surface area contributed by atoms with Gasteiger partial charge in [0.2, 0.25) is 0 Å². The second kappa shape index (κ2) is 5.28. The van der Waals surface area contributed by atoms with Gasteiger partial charge in [0.15, 0.2) is 0 Å². The Hall–Kier alpha value is -0.220. The second-order valence-corrected chi connectivity index (χ2v) is 8.53. The van der Waals surface area contributed by atoms with E-state index in [1.54, 1.807) is 6.92 Å². The summed E-state index contributed by atoms with van der Waals surface area (Å²) in [5.41, 5.74) is 0. The van der Waals surface area contributed by atoms with Crippen LogP contribution < -0.4 is 5.32 Å². The quantitative estimate of drug-likeness (QED) is 0.736. The number of carboxylic acids is 1. The third-order valence-electron chi connectivity index (χ3n) is 5.31.